The van der Waals surface area contributed by atoms with Crippen molar-refractivity contribution >= 4 is 27.3 Å². The molecule has 21 heavy (non-hydrogen) atoms. The average Bonchev–Trinajstić information content (AvgIpc) is 2.67. The minimum atomic E-state index is -3.55. The Hall–Kier alpha value is -1.57. The molecule has 2 rings (SSSR count). The highest BCUT2D eigenvalue weighted by Crippen LogP contribution is 2.27. The number of hydrogen-bond acceptors (Lipinski definition) is 4. The molecular formula is C13H17ClN4O2S. The maximum Gasteiger partial charge on any atom is 0.240 e. The summed E-state index contributed by atoms with van der Waals surface area (Å²) in [5, 5.41) is 4.84. The van der Waals surface area contributed by atoms with Crippen LogP contribution in [0.4, 0.5) is 5.69 Å². The minimum absolute atomic E-state index is 0.136. The summed E-state index contributed by atoms with van der Waals surface area (Å²) in [5.41, 5.74) is 8.23. The van der Waals surface area contributed by atoms with Crippen molar-refractivity contribution in [2.24, 2.45) is 0 Å². The molecule has 0 aliphatic carbocycles. The summed E-state index contributed by atoms with van der Waals surface area (Å²) in [6, 6.07) is 4.50. The Balaban J connectivity index is 2.62. The number of aryl methyl sites for hydroxylation is 1. The van der Waals surface area contributed by atoms with Crippen LogP contribution >= 0.6 is 11.6 Å². The fourth-order valence-corrected chi connectivity index (χ4v) is 3.18. The predicted molar refractivity (Wildman–Crippen MR) is 83.3 cm³/mol. The molecule has 0 saturated heterocycles. The van der Waals surface area contributed by atoms with Crippen molar-refractivity contribution in [2.45, 2.75) is 25.7 Å². The van der Waals surface area contributed by atoms with E-state index < -0.39 is 10.0 Å². The fourth-order valence-electron chi connectivity index (χ4n) is 2.01. The van der Waals surface area contributed by atoms with Crippen LogP contribution in [-0.2, 0) is 10.0 Å². The number of sulfonamides is 1. The highest BCUT2D eigenvalue weighted by Gasteiger charge is 2.18. The second kappa shape index (κ2) is 5.67. The molecule has 0 fully saturated rings. The number of hydrogen-bond donors (Lipinski definition) is 2. The Kier molecular flexibility index (Phi) is 4.27. The van der Waals surface area contributed by atoms with Gasteiger partial charge in [0, 0.05) is 6.54 Å². The lowest BCUT2D eigenvalue weighted by Gasteiger charge is -2.11. The van der Waals surface area contributed by atoms with Gasteiger partial charge >= 0.3 is 0 Å². The SMILES string of the molecule is CCNS(=O)(=O)c1ccc(N)c(-n2nc(C)c(Cl)c2C)c1. The summed E-state index contributed by atoms with van der Waals surface area (Å²) in [6.45, 7) is 5.61. The number of nitrogens with one attached hydrogen (secondary N) is 1. The summed E-state index contributed by atoms with van der Waals surface area (Å²) in [4.78, 5) is 0.136. The van der Waals surface area contributed by atoms with Gasteiger partial charge < -0.3 is 5.73 Å². The van der Waals surface area contributed by atoms with E-state index in [4.69, 9.17) is 17.3 Å². The molecule has 0 aliphatic rings. The van der Waals surface area contributed by atoms with E-state index in [1.165, 1.54) is 12.1 Å². The fraction of sp³-hybridized carbons (Fsp3) is 0.308. The Labute approximate surface area is 129 Å². The molecule has 0 bridgehead atoms. The zero-order valence-electron chi connectivity index (χ0n) is 12.0. The molecule has 0 atom stereocenters. The predicted octanol–water partition coefficient (Wildman–Crippen LogP) is 2.02. The van der Waals surface area contributed by atoms with Crippen LogP contribution in [0.25, 0.3) is 5.69 Å². The van der Waals surface area contributed by atoms with Gasteiger partial charge in [-0.1, -0.05) is 18.5 Å². The third-order valence-corrected chi connectivity index (χ3v) is 5.17. The van der Waals surface area contributed by atoms with Crippen LogP contribution in [0.15, 0.2) is 23.1 Å². The van der Waals surface area contributed by atoms with Gasteiger partial charge in [-0.05, 0) is 32.0 Å². The van der Waals surface area contributed by atoms with Gasteiger partial charge in [0.2, 0.25) is 10.0 Å². The molecular weight excluding hydrogens is 312 g/mol. The zero-order valence-corrected chi connectivity index (χ0v) is 13.6. The smallest absolute Gasteiger partial charge is 0.240 e. The second-order valence-corrected chi connectivity index (χ2v) is 6.76. The quantitative estimate of drug-likeness (QED) is 0.840. The van der Waals surface area contributed by atoms with Crippen LogP contribution in [0.5, 0.6) is 0 Å². The van der Waals surface area contributed by atoms with E-state index >= 15 is 0 Å². The molecule has 6 nitrogen and oxygen atoms in total. The lowest BCUT2D eigenvalue weighted by atomic mass is 10.2. The van der Waals surface area contributed by atoms with Crippen molar-refractivity contribution in [3.05, 3.63) is 34.6 Å². The van der Waals surface area contributed by atoms with Crippen LogP contribution in [0.1, 0.15) is 18.3 Å². The van der Waals surface area contributed by atoms with Gasteiger partial charge in [0.05, 0.1) is 32.7 Å². The number of nitrogen functional groups attached to an aromatic ring is 1. The molecule has 1 aromatic heterocycles. The highest BCUT2D eigenvalue weighted by atomic mass is 35.5. The Morgan fingerprint density at radius 3 is 2.57 bits per heavy atom. The first kappa shape index (κ1) is 15.8. The molecule has 1 heterocycles. The van der Waals surface area contributed by atoms with E-state index in [0.29, 0.717) is 34.3 Å². The molecule has 114 valence electrons. The molecule has 0 aliphatic heterocycles. The van der Waals surface area contributed by atoms with Gasteiger partial charge in [-0.15, -0.1) is 0 Å². The third-order valence-electron chi connectivity index (χ3n) is 3.08. The standard InChI is InChI=1S/C13H17ClN4O2S/c1-4-16-21(19,20)10-5-6-11(15)12(7-10)18-9(3)13(14)8(2)17-18/h5-7,16H,4,15H2,1-3H3. The van der Waals surface area contributed by atoms with Crippen LogP contribution in [0.2, 0.25) is 5.02 Å². The summed E-state index contributed by atoms with van der Waals surface area (Å²) in [6.07, 6.45) is 0. The number of aromatic nitrogens is 2. The molecule has 2 aromatic rings. The van der Waals surface area contributed by atoms with Crippen molar-refractivity contribution < 1.29 is 8.42 Å². The van der Waals surface area contributed by atoms with Crippen LogP contribution < -0.4 is 10.5 Å². The normalized spacial score (nSPS) is 11.8. The van der Waals surface area contributed by atoms with E-state index in [2.05, 4.69) is 9.82 Å². The van der Waals surface area contributed by atoms with Gasteiger partial charge in [-0.3, -0.25) is 0 Å². The molecule has 0 amide bonds. The molecule has 0 radical (unpaired) electrons. The first-order valence-corrected chi connectivity index (χ1v) is 8.25. The number of nitrogens with zero attached hydrogens (tertiary/aromatic N) is 2. The highest BCUT2D eigenvalue weighted by molar-refractivity contribution is 7.89. The third kappa shape index (κ3) is 2.90. The van der Waals surface area contributed by atoms with Crippen LogP contribution in [-0.4, -0.2) is 24.7 Å². The molecule has 3 N–H and O–H groups in total. The largest absolute Gasteiger partial charge is 0.397 e. The van der Waals surface area contributed by atoms with E-state index in [1.807, 2.05) is 0 Å². The number of anilines is 1. The molecule has 0 spiro atoms. The maximum absolute atomic E-state index is 12.1. The minimum Gasteiger partial charge on any atom is -0.397 e. The van der Waals surface area contributed by atoms with Crippen molar-refractivity contribution in [1.29, 1.82) is 0 Å². The Bertz CT molecular complexity index is 784. The van der Waals surface area contributed by atoms with E-state index in [-0.39, 0.29) is 4.90 Å². The van der Waals surface area contributed by atoms with Crippen LogP contribution in [0, 0.1) is 13.8 Å². The molecule has 8 heteroatoms. The van der Waals surface area contributed by atoms with Crippen molar-refractivity contribution in [3.63, 3.8) is 0 Å². The topological polar surface area (TPSA) is 90.0 Å². The Morgan fingerprint density at radius 2 is 2.05 bits per heavy atom. The summed E-state index contributed by atoms with van der Waals surface area (Å²) in [7, 11) is -3.55. The lowest BCUT2D eigenvalue weighted by molar-refractivity contribution is 0.584. The summed E-state index contributed by atoms with van der Waals surface area (Å²) < 4.78 is 28.1. The monoisotopic (exact) mass is 328 g/mol. The molecule has 0 unspecified atom stereocenters. The number of nitrogens with two attached hydrogens (primary N) is 1. The number of benzene rings is 1. The summed E-state index contributed by atoms with van der Waals surface area (Å²) >= 11 is 6.13. The van der Waals surface area contributed by atoms with Gasteiger partial charge in [-0.25, -0.2) is 17.8 Å². The van der Waals surface area contributed by atoms with Crippen molar-refractivity contribution in [3.8, 4) is 5.69 Å². The van der Waals surface area contributed by atoms with E-state index in [9.17, 15) is 8.42 Å². The van der Waals surface area contributed by atoms with Gasteiger partial charge in [0.15, 0.2) is 0 Å². The van der Waals surface area contributed by atoms with Crippen LogP contribution in [0.3, 0.4) is 0 Å². The number of halogens is 1. The zero-order chi connectivity index (χ0) is 15.8. The van der Waals surface area contributed by atoms with Crippen molar-refractivity contribution in [2.75, 3.05) is 12.3 Å². The summed E-state index contributed by atoms with van der Waals surface area (Å²) in [5.74, 6) is 0. The van der Waals surface area contributed by atoms with E-state index in [1.54, 1.807) is 31.5 Å². The van der Waals surface area contributed by atoms with Gasteiger partial charge in [0.1, 0.15) is 0 Å². The molecule has 0 saturated carbocycles. The average molecular weight is 329 g/mol. The van der Waals surface area contributed by atoms with Gasteiger partial charge in [-0.2, -0.15) is 5.10 Å². The maximum atomic E-state index is 12.1. The molecule has 1 aromatic carbocycles. The van der Waals surface area contributed by atoms with E-state index in [0.717, 1.165) is 0 Å². The second-order valence-electron chi connectivity index (χ2n) is 4.62. The Morgan fingerprint density at radius 1 is 1.38 bits per heavy atom. The van der Waals surface area contributed by atoms with Gasteiger partial charge in [0.25, 0.3) is 0 Å². The first-order valence-electron chi connectivity index (χ1n) is 6.39. The first-order chi connectivity index (χ1) is 9.77. The van der Waals surface area contributed by atoms with Crippen molar-refractivity contribution in [1.82, 2.24) is 14.5 Å². The lowest BCUT2D eigenvalue weighted by Crippen LogP contribution is -2.23. The number of rotatable bonds is 4.